The minimum absolute atomic E-state index is 0. The van der Waals surface area contributed by atoms with E-state index in [1.165, 1.54) is 13.2 Å². The Balaban J connectivity index is 0.00000220. The van der Waals surface area contributed by atoms with Crippen molar-refractivity contribution < 1.29 is 13.2 Å². The summed E-state index contributed by atoms with van der Waals surface area (Å²) >= 11 is 3.31. The van der Waals surface area contributed by atoms with Crippen LogP contribution in [0.15, 0.2) is 27.6 Å². The lowest BCUT2D eigenvalue weighted by atomic mass is 10.1. The number of methoxy groups -OCH3 is 1. The molecule has 0 saturated heterocycles. The number of rotatable bonds is 5. The molecule has 1 aromatic carbocycles. The molecule has 2 rings (SSSR count). The molecule has 0 aromatic heterocycles. The molecule has 1 aliphatic carbocycles. The number of hydrogen-bond donors (Lipinski definition) is 2. The molecule has 1 fully saturated rings. The van der Waals surface area contributed by atoms with E-state index in [0.29, 0.717) is 12.3 Å². The fourth-order valence-corrected chi connectivity index (χ4v) is 4.31. The Morgan fingerprint density at radius 3 is 2.76 bits per heavy atom. The van der Waals surface area contributed by atoms with Crippen LogP contribution in [-0.4, -0.2) is 28.1 Å². The van der Waals surface area contributed by atoms with Crippen LogP contribution in [0.3, 0.4) is 0 Å². The van der Waals surface area contributed by atoms with Crippen LogP contribution in [0, 0.1) is 5.92 Å². The predicted octanol–water partition coefficient (Wildman–Crippen LogP) is 2.29. The monoisotopic (exact) mass is 398 g/mol. The first kappa shape index (κ1) is 18.7. The summed E-state index contributed by atoms with van der Waals surface area (Å²) in [6.45, 7) is 0.511. The van der Waals surface area contributed by atoms with Crippen molar-refractivity contribution in [3.05, 3.63) is 22.7 Å². The molecule has 2 atom stereocenters. The van der Waals surface area contributed by atoms with E-state index in [4.69, 9.17) is 10.5 Å². The van der Waals surface area contributed by atoms with E-state index in [-0.39, 0.29) is 29.3 Å². The Hall–Kier alpha value is -0.340. The molecule has 21 heavy (non-hydrogen) atoms. The molecule has 0 spiro atoms. The highest BCUT2D eigenvalue weighted by atomic mass is 79.9. The Bertz CT molecular complexity index is 583. The van der Waals surface area contributed by atoms with Crippen molar-refractivity contribution in [1.82, 2.24) is 4.72 Å². The van der Waals surface area contributed by atoms with E-state index in [1.54, 1.807) is 12.1 Å². The zero-order chi connectivity index (χ0) is 14.8. The van der Waals surface area contributed by atoms with Gasteiger partial charge in [0.1, 0.15) is 5.75 Å². The van der Waals surface area contributed by atoms with Crippen LogP contribution >= 0.6 is 28.3 Å². The molecule has 8 heteroatoms. The second kappa shape index (κ2) is 7.78. The minimum Gasteiger partial charge on any atom is -0.496 e. The molecule has 0 amide bonds. The molecular weight excluding hydrogens is 380 g/mol. The summed E-state index contributed by atoms with van der Waals surface area (Å²) in [5.41, 5.74) is 5.69. The zero-order valence-electron chi connectivity index (χ0n) is 11.7. The van der Waals surface area contributed by atoms with Crippen molar-refractivity contribution in [2.24, 2.45) is 11.7 Å². The van der Waals surface area contributed by atoms with E-state index >= 15 is 0 Å². The van der Waals surface area contributed by atoms with Gasteiger partial charge in [-0.3, -0.25) is 0 Å². The standard InChI is InChI=1S/C13H19BrN2O3S.ClH/c1-19-13-7-10(5-6-11(13)14)20(17,18)16-12-4-2-3-9(12)8-15;/h5-7,9,12,16H,2-4,8,15H2,1H3;1H. The van der Waals surface area contributed by atoms with Gasteiger partial charge in [-0.15, -0.1) is 12.4 Å². The van der Waals surface area contributed by atoms with Crippen LogP contribution < -0.4 is 15.2 Å². The Kier molecular flexibility index (Phi) is 6.93. The van der Waals surface area contributed by atoms with Crippen molar-refractivity contribution in [3.8, 4) is 5.75 Å². The van der Waals surface area contributed by atoms with Gasteiger partial charge in [-0.2, -0.15) is 0 Å². The number of benzene rings is 1. The van der Waals surface area contributed by atoms with Crippen LogP contribution in [0.4, 0.5) is 0 Å². The van der Waals surface area contributed by atoms with Gasteiger partial charge in [-0.1, -0.05) is 6.42 Å². The third-order valence-electron chi connectivity index (χ3n) is 3.70. The maximum Gasteiger partial charge on any atom is 0.240 e. The van der Waals surface area contributed by atoms with Crippen LogP contribution in [0.5, 0.6) is 5.75 Å². The lowest BCUT2D eigenvalue weighted by molar-refractivity contribution is 0.410. The van der Waals surface area contributed by atoms with Gasteiger partial charge in [0.25, 0.3) is 0 Å². The van der Waals surface area contributed by atoms with Crippen LogP contribution in [0.1, 0.15) is 19.3 Å². The number of nitrogens with two attached hydrogens (primary N) is 1. The van der Waals surface area contributed by atoms with E-state index in [2.05, 4.69) is 20.7 Å². The van der Waals surface area contributed by atoms with E-state index < -0.39 is 10.0 Å². The highest BCUT2D eigenvalue weighted by Crippen LogP contribution is 2.29. The van der Waals surface area contributed by atoms with Crippen LogP contribution in [0.2, 0.25) is 0 Å². The number of hydrogen-bond acceptors (Lipinski definition) is 4. The number of nitrogens with one attached hydrogen (secondary N) is 1. The number of ether oxygens (including phenoxy) is 1. The predicted molar refractivity (Wildman–Crippen MR) is 88.4 cm³/mol. The number of halogens is 2. The van der Waals surface area contributed by atoms with Gasteiger partial charge in [0.05, 0.1) is 16.5 Å². The maximum absolute atomic E-state index is 12.4. The minimum atomic E-state index is -3.54. The van der Waals surface area contributed by atoms with Crippen molar-refractivity contribution in [3.63, 3.8) is 0 Å². The maximum atomic E-state index is 12.4. The summed E-state index contributed by atoms with van der Waals surface area (Å²) in [6.07, 6.45) is 2.83. The fraction of sp³-hybridized carbons (Fsp3) is 0.538. The Morgan fingerprint density at radius 1 is 1.43 bits per heavy atom. The van der Waals surface area contributed by atoms with Crippen molar-refractivity contribution in [2.75, 3.05) is 13.7 Å². The normalized spacial score (nSPS) is 21.9. The molecule has 0 radical (unpaired) electrons. The Morgan fingerprint density at radius 2 is 2.14 bits per heavy atom. The summed E-state index contributed by atoms with van der Waals surface area (Å²) < 4.78 is 33.4. The van der Waals surface area contributed by atoms with Crippen LogP contribution in [-0.2, 0) is 10.0 Å². The highest BCUT2D eigenvalue weighted by Gasteiger charge is 2.30. The average molecular weight is 400 g/mol. The van der Waals surface area contributed by atoms with E-state index in [1.807, 2.05) is 0 Å². The fourth-order valence-electron chi connectivity index (χ4n) is 2.55. The van der Waals surface area contributed by atoms with Crippen molar-refractivity contribution in [2.45, 2.75) is 30.2 Å². The summed E-state index contributed by atoms with van der Waals surface area (Å²) in [7, 11) is -2.04. The lowest BCUT2D eigenvalue weighted by Gasteiger charge is -2.19. The van der Waals surface area contributed by atoms with Gasteiger partial charge in [-0.05, 0) is 53.4 Å². The van der Waals surface area contributed by atoms with Crippen molar-refractivity contribution in [1.29, 1.82) is 0 Å². The zero-order valence-corrected chi connectivity index (χ0v) is 14.9. The molecule has 1 aliphatic rings. The smallest absolute Gasteiger partial charge is 0.240 e. The highest BCUT2D eigenvalue weighted by molar-refractivity contribution is 9.10. The lowest BCUT2D eigenvalue weighted by Crippen LogP contribution is -2.39. The van der Waals surface area contributed by atoms with Gasteiger partial charge >= 0.3 is 0 Å². The molecular formula is C13H20BrClN2O3S. The largest absolute Gasteiger partial charge is 0.496 e. The Labute approximate surface area is 140 Å². The summed E-state index contributed by atoms with van der Waals surface area (Å²) in [4.78, 5) is 0.209. The second-order valence-corrected chi connectivity index (χ2v) is 7.52. The summed E-state index contributed by atoms with van der Waals surface area (Å²) in [6, 6.07) is 4.67. The second-order valence-electron chi connectivity index (χ2n) is 4.95. The van der Waals surface area contributed by atoms with E-state index in [0.717, 1.165) is 23.7 Å². The quantitative estimate of drug-likeness (QED) is 0.796. The first-order chi connectivity index (χ1) is 9.47. The summed E-state index contributed by atoms with van der Waals surface area (Å²) in [5, 5.41) is 0. The van der Waals surface area contributed by atoms with Gasteiger partial charge in [0.2, 0.25) is 10.0 Å². The third-order valence-corrected chi connectivity index (χ3v) is 5.84. The summed E-state index contributed by atoms with van der Waals surface area (Å²) in [5.74, 6) is 0.719. The first-order valence-corrected chi connectivity index (χ1v) is 8.81. The SMILES string of the molecule is COc1cc(S(=O)(=O)NC2CCCC2CN)ccc1Br.Cl. The molecule has 1 saturated carbocycles. The van der Waals surface area contributed by atoms with Gasteiger partial charge < -0.3 is 10.5 Å². The molecule has 0 aliphatic heterocycles. The average Bonchev–Trinajstić information content (AvgIpc) is 2.85. The van der Waals surface area contributed by atoms with Gasteiger partial charge in [0.15, 0.2) is 0 Å². The van der Waals surface area contributed by atoms with Crippen molar-refractivity contribution >= 4 is 38.4 Å². The van der Waals surface area contributed by atoms with E-state index in [9.17, 15) is 8.42 Å². The third kappa shape index (κ3) is 4.32. The molecule has 3 N–H and O–H groups in total. The van der Waals surface area contributed by atoms with Gasteiger partial charge in [-0.25, -0.2) is 13.1 Å². The van der Waals surface area contributed by atoms with Gasteiger partial charge in [0, 0.05) is 12.1 Å². The molecule has 2 unspecified atom stereocenters. The molecule has 1 aromatic rings. The van der Waals surface area contributed by atoms with Crippen LogP contribution in [0.25, 0.3) is 0 Å². The molecule has 0 heterocycles. The number of sulfonamides is 1. The first-order valence-electron chi connectivity index (χ1n) is 6.54. The topological polar surface area (TPSA) is 81.4 Å². The molecule has 0 bridgehead atoms. The molecule has 5 nitrogen and oxygen atoms in total. The molecule has 120 valence electrons.